The van der Waals surface area contributed by atoms with Crippen molar-refractivity contribution in [2.24, 2.45) is 0 Å². The van der Waals surface area contributed by atoms with E-state index in [-0.39, 0.29) is 11.7 Å². The molecule has 0 aliphatic rings. The van der Waals surface area contributed by atoms with Gasteiger partial charge in [-0.05, 0) is 29.5 Å². The van der Waals surface area contributed by atoms with Crippen LogP contribution >= 0.6 is 11.8 Å². The van der Waals surface area contributed by atoms with Crippen LogP contribution in [-0.2, 0) is 6.54 Å². The SMILES string of the molecule is Fc1nc(F)c(F)c(Sc2nnc(-c3ccncc3)n2Cc2ccccc2)c1F. The van der Waals surface area contributed by atoms with Crippen LogP contribution in [0.25, 0.3) is 11.4 Å². The molecule has 0 unspecified atom stereocenters. The molecule has 0 N–H and O–H groups in total. The van der Waals surface area contributed by atoms with Crippen molar-refractivity contribution in [3.05, 3.63) is 84.0 Å². The molecule has 3 aromatic heterocycles. The predicted octanol–water partition coefficient (Wildman–Crippen LogP) is 4.49. The molecule has 4 aromatic rings. The Bertz CT molecular complexity index is 1130. The van der Waals surface area contributed by atoms with Gasteiger partial charge in [0, 0.05) is 18.0 Å². The molecule has 0 aliphatic heterocycles. The van der Waals surface area contributed by atoms with Crippen LogP contribution in [0, 0.1) is 23.5 Å². The lowest BCUT2D eigenvalue weighted by atomic mass is 10.2. The number of pyridine rings is 2. The topological polar surface area (TPSA) is 56.5 Å². The van der Waals surface area contributed by atoms with E-state index in [2.05, 4.69) is 20.2 Å². The quantitative estimate of drug-likeness (QED) is 0.354. The van der Waals surface area contributed by atoms with E-state index in [1.807, 2.05) is 30.3 Å². The van der Waals surface area contributed by atoms with Crippen molar-refractivity contribution in [2.45, 2.75) is 16.6 Å². The Kier molecular flexibility index (Phi) is 5.26. The molecule has 0 bridgehead atoms. The fourth-order valence-corrected chi connectivity index (χ4v) is 3.51. The summed E-state index contributed by atoms with van der Waals surface area (Å²) < 4.78 is 56.7. The molecule has 146 valence electrons. The summed E-state index contributed by atoms with van der Waals surface area (Å²) in [6.45, 7) is 0.271. The van der Waals surface area contributed by atoms with Gasteiger partial charge < -0.3 is 0 Å². The van der Waals surface area contributed by atoms with Gasteiger partial charge in [0.2, 0.25) is 0 Å². The highest BCUT2D eigenvalue weighted by atomic mass is 32.2. The molecule has 0 radical (unpaired) electrons. The zero-order valence-electron chi connectivity index (χ0n) is 14.6. The third kappa shape index (κ3) is 3.83. The van der Waals surface area contributed by atoms with Crippen LogP contribution in [0.5, 0.6) is 0 Å². The summed E-state index contributed by atoms with van der Waals surface area (Å²) in [7, 11) is 0. The maximum absolute atomic E-state index is 14.1. The lowest BCUT2D eigenvalue weighted by Gasteiger charge is -2.11. The molecule has 0 atom stereocenters. The predicted molar refractivity (Wildman–Crippen MR) is 97.0 cm³/mol. The minimum Gasteiger partial charge on any atom is -0.297 e. The Balaban J connectivity index is 1.81. The van der Waals surface area contributed by atoms with Crippen LogP contribution in [0.2, 0.25) is 0 Å². The Hall–Kier alpha value is -3.27. The molecule has 0 amide bonds. The number of nitrogens with zero attached hydrogens (tertiary/aromatic N) is 5. The van der Waals surface area contributed by atoms with Crippen molar-refractivity contribution in [3.63, 3.8) is 0 Å². The number of hydrogen-bond donors (Lipinski definition) is 0. The van der Waals surface area contributed by atoms with Gasteiger partial charge in [-0.3, -0.25) is 9.55 Å². The monoisotopic (exact) mass is 417 g/mol. The molecule has 0 saturated heterocycles. The second kappa shape index (κ2) is 8.00. The summed E-state index contributed by atoms with van der Waals surface area (Å²) >= 11 is 0.434. The number of benzene rings is 1. The summed E-state index contributed by atoms with van der Waals surface area (Å²) in [5.74, 6) is -6.22. The molecular weight excluding hydrogens is 406 g/mol. The Morgan fingerprint density at radius 3 is 2.14 bits per heavy atom. The molecular formula is C19H11F4N5S. The van der Waals surface area contributed by atoms with Crippen molar-refractivity contribution in [1.82, 2.24) is 24.7 Å². The van der Waals surface area contributed by atoms with E-state index in [9.17, 15) is 17.6 Å². The molecule has 10 heteroatoms. The van der Waals surface area contributed by atoms with E-state index >= 15 is 0 Å². The Morgan fingerprint density at radius 2 is 1.48 bits per heavy atom. The average molecular weight is 417 g/mol. The first-order valence-corrected chi connectivity index (χ1v) is 9.11. The minimum atomic E-state index is -1.73. The van der Waals surface area contributed by atoms with E-state index in [4.69, 9.17) is 0 Å². The van der Waals surface area contributed by atoms with Crippen LogP contribution < -0.4 is 0 Å². The summed E-state index contributed by atoms with van der Waals surface area (Å²) in [4.78, 5) is 5.64. The summed E-state index contributed by atoms with van der Waals surface area (Å²) in [5.41, 5.74) is 1.54. The van der Waals surface area contributed by atoms with Gasteiger partial charge in [0.25, 0.3) is 11.9 Å². The fourth-order valence-electron chi connectivity index (χ4n) is 2.64. The van der Waals surface area contributed by atoms with E-state index in [0.29, 0.717) is 23.1 Å². The van der Waals surface area contributed by atoms with E-state index in [1.165, 1.54) is 0 Å². The second-order valence-corrected chi connectivity index (χ2v) is 6.84. The standard InChI is InChI=1S/C19H11F4N5S/c20-13-15(14(21)17(23)25-16(13)22)29-19-27-26-18(12-6-8-24-9-7-12)28(19)10-11-4-2-1-3-5-11/h1-9H,10H2. The maximum atomic E-state index is 14.1. The van der Waals surface area contributed by atoms with Gasteiger partial charge >= 0.3 is 0 Å². The van der Waals surface area contributed by atoms with E-state index in [0.717, 1.165) is 5.56 Å². The van der Waals surface area contributed by atoms with Gasteiger partial charge in [-0.1, -0.05) is 30.3 Å². The molecule has 29 heavy (non-hydrogen) atoms. The maximum Gasteiger partial charge on any atom is 0.252 e. The Morgan fingerprint density at radius 1 is 0.828 bits per heavy atom. The first-order chi connectivity index (χ1) is 14.0. The van der Waals surface area contributed by atoms with Crippen LogP contribution in [0.15, 0.2) is 64.9 Å². The van der Waals surface area contributed by atoms with Crippen molar-refractivity contribution in [3.8, 4) is 11.4 Å². The zero-order chi connectivity index (χ0) is 20.4. The fraction of sp³-hybridized carbons (Fsp3) is 0.0526. The lowest BCUT2D eigenvalue weighted by Crippen LogP contribution is -2.06. The van der Waals surface area contributed by atoms with Crippen LogP contribution in [0.1, 0.15) is 5.56 Å². The van der Waals surface area contributed by atoms with Gasteiger partial charge in [-0.15, -0.1) is 10.2 Å². The number of rotatable bonds is 5. The molecule has 3 heterocycles. The minimum absolute atomic E-state index is 0.0588. The van der Waals surface area contributed by atoms with Crippen molar-refractivity contribution < 1.29 is 17.6 Å². The third-order valence-corrected chi connectivity index (χ3v) is 5.04. The molecule has 5 nitrogen and oxygen atoms in total. The van der Waals surface area contributed by atoms with E-state index < -0.39 is 28.4 Å². The lowest BCUT2D eigenvalue weighted by molar-refractivity contribution is 0.383. The van der Waals surface area contributed by atoms with Crippen LogP contribution in [0.3, 0.4) is 0 Å². The molecule has 4 rings (SSSR count). The summed E-state index contributed by atoms with van der Waals surface area (Å²) in [5, 5.41) is 8.14. The number of hydrogen-bond acceptors (Lipinski definition) is 5. The van der Waals surface area contributed by atoms with Crippen molar-refractivity contribution >= 4 is 11.8 Å². The van der Waals surface area contributed by atoms with Crippen LogP contribution in [0.4, 0.5) is 17.6 Å². The first-order valence-electron chi connectivity index (χ1n) is 8.30. The molecule has 0 fully saturated rings. The highest BCUT2D eigenvalue weighted by Gasteiger charge is 2.25. The van der Waals surface area contributed by atoms with Crippen molar-refractivity contribution in [2.75, 3.05) is 0 Å². The van der Waals surface area contributed by atoms with Gasteiger partial charge in [-0.2, -0.15) is 13.8 Å². The number of aromatic nitrogens is 5. The normalized spacial score (nSPS) is 11.0. The Labute approximate surface area is 166 Å². The van der Waals surface area contributed by atoms with Crippen molar-refractivity contribution in [1.29, 1.82) is 0 Å². The van der Waals surface area contributed by atoms with Gasteiger partial charge in [-0.25, -0.2) is 8.78 Å². The summed E-state index contributed by atoms with van der Waals surface area (Å²) in [6.07, 6.45) is 3.13. The molecule has 0 spiro atoms. The van der Waals surface area contributed by atoms with Crippen LogP contribution in [-0.4, -0.2) is 24.7 Å². The van der Waals surface area contributed by atoms with Gasteiger partial charge in [0.15, 0.2) is 22.6 Å². The largest absolute Gasteiger partial charge is 0.297 e. The van der Waals surface area contributed by atoms with E-state index in [1.54, 1.807) is 29.1 Å². The third-order valence-electron chi connectivity index (χ3n) is 3.99. The van der Waals surface area contributed by atoms with Gasteiger partial charge in [0.1, 0.15) is 0 Å². The van der Waals surface area contributed by atoms with Gasteiger partial charge in [0.05, 0.1) is 11.4 Å². The first kappa shape index (κ1) is 19.1. The average Bonchev–Trinajstić information content (AvgIpc) is 3.13. The molecule has 0 saturated carbocycles. The highest BCUT2D eigenvalue weighted by Crippen LogP contribution is 2.34. The second-order valence-electron chi connectivity index (χ2n) is 5.87. The summed E-state index contributed by atoms with van der Waals surface area (Å²) in [6, 6.07) is 12.6. The smallest absolute Gasteiger partial charge is 0.252 e. The zero-order valence-corrected chi connectivity index (χ0v) is 15.4. The molecule has 1 aromatic carbocycles. The number of halogens is 4. The molecule has 0 aliphatic carbocycles. The highest BCUT2D eigenvalue weighted by molar-refractivity contribution is 7.99.